The van der Waals surface area contributed by atoms with Gasteiger partial charge in [-0.25, -0.2) is 0 Å². The van der Waals surface area contributed by atoms with E-state index in [1.807, 2.05) is 0 Å². The molecule has 15 heavy (non-hydrogen) atoms. The first kappa shape index (κ1) is 10.3. The zero-order valence-electron chi connectivity index (χ0n) is 7.60. The molecule has 1 amide bonds. The molecular weight excluding hydrogens is 222 g/mol. The molecule has 0 aliphatic carbocycles. The van der Waals surface area contributed by atoms with E-state index in [1.165, 1.54) is 0 Å². The van der Waals surface area contributed by atoms with Crippen LogP contribution in [0, 0.1) is 0 Å². The summed E-state index contributed by atoms with van der Waals surface area (Å²) in [6.45, 7) is 0. The Labute approximate surface area is 89.2 Å². The lowest BCUT2D eigenvalue weighted by Gasteiger charge is -2.34. The number of carbonyl (C=O) groups excluding carboxylic acids is 3. The summed E-state index contributed by atoms with van der Waals surface area (Å²) in [6.07, 6.45) is 0.146. The molecule has 2 aliphatic heterocycles. The molecule has 0 bridgehead atoms. The SMILES string of the molecule is O=C([O-])[C@H]1CS[C@@]2(C(=O)[O-])CCC(=O)N12. The van der Waals surface area contributed by atoms with Crippen LogP contribution in [0.1, 0.15) is 12.8 Å². The molecule has 2 rings (SSSR count). The third-order valence-corrected chi connectivity index (χ3v) is 4.25. The second-order valence-electron chi connectivity index (χ2n) is 3.48. The lowest BCUT2D eigenvalue weighted by atomic mass is 10.2. The molecule has 82 valence electrons. The summed E-state index contributed by atoms with van der Waals surface area (Å²) in [7, 11) is 0. The first-order chi connectivity index (χ1) is 6.99. The van der Waals surface area contributed by atoms with E-state index in [0.29, 0.717) is 0 Å². The Kier molecular flexibility index (Phi) is 2.14. The van der Waals surface area contributed by atoms with E-state index < -0.39 is 28.8 Å². The van der Waals surface area contributed by atoms with Gasteiger partial charge in [0.15, 0.2) is 0 Å². The Morgan fingerprint density at radius 2 is 2.13 bits per heavy atom. The summed E-state index contributed by atoms with van der Waals surface area (Å²) < 4.78 is 0. The van der Waals surface area contributed by atoms with Gasteiger partial charge in [-0.1, -0.05) is 0 Å². The molecule has 6 nitrogen and oxygen atoms in total. The topological polar surface area (TPSA) is 101 Å². The molecule has 0 aromatic rings. The van der Waals surface area contributed by atoms with Crippen molar-refractivity contribution in [2.24, 2.45) is 0 Å². The number of hydrogen-bond acceptors (Lipinski definition) is 6. The number of carboxylic acids is 2. The average molecular weight is 229 g/mol. The zero-order chi connectivity index (χ0) is 11.2. The smallest absolute Gasteiger partial charge is 0.224 e. The number of aliphatic carboxylic acids is 2. The van der Waals surface area contributed by atoms with Crippen LogP contribution in [0.2, 0.25) is 0 Å². The molecule has 0 spiro atoms. The fourth-order valence-electron chi connectivity index (χ4n) is 2.01. The molecule has 2 aliphatic rings. The lowest BCUT2D eigenvalue weighted by molar-refractivity contribution is -0.317. The molecule has 2 saturated heterocycles. The second kappa shape index (κ2) is 3.13. The van der Waals surface area contributed by atoms with Crippen LogP contribution in [-0.4, -0.2) is 39.4 Å². The van der Waals surface area contributed by atoms with Crippen molar-refractivity contribution < 1.29 is 24.6 Å². The number of fused-ring (bicyclic) bond motifs is 1. The molecule has 0 aromatic carbocycles. The number of carbonyl (C=O) groups is 3. The first-order valence-electron chi connectivity index (χ1n) is 4.37. The third kappa shape index (κ3) is 1.22. The Balaban J connectivity index is 2.39. The number of hydrogen-bond donors (Lipinski definition) is 0. The van der Waals surface area contributed by atoms with Crippen LogP contribution in [0.15, 0.2) is 0 Å². The van der Waals surface area contributed by atoms with E-state index >= 15 is 0 Å². The summed E-state index contributed by atoms with van der Waals surface area (Å²) in [6, 6.07) is -1.15. The molecular formula is C8H7NO5S-2. The predicted molar refractivity (Wildman–Crippen MR) is 45.1 cm³/mol. The average Bonchev–Trinajstić information content (AvgIpc) is 2.66. The van der Waals surface area contributed by atoms with E-state index in [4.69, 9.17) is 0 Å². The fraction of sp³-hybridized carbons (Fsp3) is 0.625. The van der Waals surface area contributed by atoms with Gasteiger partial charge in [0.2, 0.25) is 5.91 Å². The van der Waals surface area contributed by atoms with Crippen LogP contribution >= 0.6 is 11.8 Å². The van der Waals surface area contributed by atoms with Gasteiger partial charge in [-0.05, 0) is 6.42 Å². The first-order valence-corrected chi connectivity index (χ1v) is 5.36. The van der Waals surface area contributed by atoms with E-state index in [1.54, 1.807) is 0 Å². The molecule has 0 saturated carbocycles. The number of carboxylic acid groups (broad SMARTS) is 2. The van der Waals surface area contributed by atoms with Crippen molar-refractivity contribution in [3.8, 4) is 0 Å². The van der Waals surface area contributed by atoms with Crippen LogP contribution in [0.4, 0.5) is 0 Å². The van der Waals surface area contributed by atoms with Crippen molar-refractivity contribution in [3.05, 3.63) is 0 Å². The highest BCUT2D eigenvalue weighted by Gasteiger charge is 2.55. The van der Waals surface area contributed by atoms with Gasteiger partial charge in [0, 0.05) is 12.2 Å². The van der Waals surface area contributed by atoms with E-state index in [-0.39, 0.29) is 18.6 Å². The quantitative estimate of drug-likeness (QED) is 0.497. The maximum Gasteiger partial charge on any atom is 0.224 e. The molecule has 0 aromatic heterocycles. The minimum Gasteiger partial charge on any atom is -0.548 e. The van der Waals surface area contributed by atoms with E-state index in [0.717, 1.165) is 16.7 Å². The Bertz CT molecular complexity index is 357. The van der Waals surface area contributed by atoms with Crippen molar-refractivity contribution in [1.82, 2.24) is 4.90 Å². The standard InChI is InChI=1S/C8H9NO5S/c10-5-1-2-8(7(13)14)9(5)4(3-15-8)6(11)12/h4H,1-3H2,(H,11,12)(H,13,14)/p-2/t4-,8-/m1/s1. The van der Waals surface area contributed by atoms with Gasteiger partial charge >= 0.3 is 0 Å². The third-order valence-electron chi connectivity index (χ3n) is 2.72. The number of thioether (sulfide) groups is 1. The van der Waals surface area contributed by atoms with Crippen LogP contribution in [-0.2, 0) is 14.4 Å². The summed E-state index contributed by atoms with van der Waals surface area (Å²) in [5.74, 6) is -3.23. The maximum absolute atomic E-state index is 11.4. The van der Waals surface area contributed by atoms with Crippen molar-refractivity contribution in [3.63, 3.8) is 0 Å². The Morgan fingerprint density at radius 3 is 2.67 bits per heavy atom. The van der Waals surface area contributed by atoms with Crippen molar-refractivity contribution in [2.45, 2.75) is 23.8 Å². The number of amides is 1. The summed E-state index contributed by atoms with van der Waals surface area (Å²) in [5, 5.41) is 21.7. The highest BCUT2D eigenvalue weighted by molar-refractivity contribution is 8.01. The highest BCUT2D eigenvalue weighted by atomic mass is 32.2. The van der Waals surface area contributed by atoms with Gasteiger partial charge in [0.25, 0.3) is 0 Å². The monoisotopic (exact) mass is 229 g/mol. The predicted octanol–water partition coefficient (Wildman–Crippen LogP) is -3.08. The molecule has 2 fully saturated rings. The van der Waals surface area contributed by atoms with Gasteiger partial charge in [0.1, 0.15) is 4.87 Å². The highest BCUT2D eigenvalue weighted by Crippen LogP contribution is 2.47. The van der Waals surface area contributed by atoms with Gasteiger partial charge in [0.05, 0.1) is 18.0 Å². The minimum absolute atomic E-state index is 0.0437. The summed E-state index contributed by atoms with van der Waals surface area (Å²) in [4.78, 5) is 32.5. The molecule has 0 N–H and O–H groups in total. The van der Waals surface area contributed by atoms with E-state index in [9.17, 15) is 24.6 Å². The molecule has 2 atom stereocenters. The largest absolute Gasteiger partial charge is 0.548 e. The molecule has 7 heteroatoms. The maximum atomic E-state index is 11.4. The van der Waals surface area contributed by atoms with Crippen molar-refractivity contribution >= 4 is 29.6 Å². The van der Waals surface area contributed by atoms with Crippen molar-refractivity contribution in [1.29, 1.82) is 0 Å². The van der Waals surface area contributed by atoms with Gasteiger partial charge in [-0.2, -0.15) is 0 Å². The summed E-state index contributed by atoms with van der Waals surface area (Å²) >= 11 is 0.931. The normalized spacial score (nSPS) is 34.3. The van der Waals surface area contributed by atoms with Crippen LogP contribution < -0.4 is 10.2 Å². The second-order valence-corrected chi connectivity index (χ2v) is 4.78. The number of nitrogens with zero attached hydrogens (tertiary/aromatic N) is 1. The van der Waals surface area contributed by atoms with Gasteiger partial charge in [-0.3, -0.25) is 4.79 Å². The van der Waals surface area contributed by atoms with Crippen molar-refractivity contribution in [2.75, 3.05) is 5.75 Å². The Morgan fingerprint density at radius 1 is 1.47 bits per heavy atom. The minimum atomic E-state index is -1.48. The lowest BCUT2D eigenvalue weighted by Crippen LogP contribution is -2.58. The van der Waals surface area contributed by atoms with Crippen LogP contribution in [0.3, 0.4) is 0 Å². The molecule has 0 radical (unpaired) electrons. The molecule has 2 heterocycles. The summed E-state index contributed by atoms with van der Waals surface area (Å²) in [5.41, 5.74) is 0. The van der Waals surface area contributed by atoms with Crippen LogP contribution in [0.5, 0.6) is 0 Å². The van der Waals surface area contributed by atoms with E-state index in [2.05, 4.69) is 0 Å². The van der Waals surface area contributed by atoms with Gasteiger partial charge < -0.3 is 24.7 Å². The fourth-order valence-corrected chi connectivity index (χ4v) is 3.46. The van der Waals surface area contributed by atoms with Gasteiger partial charge in [-0.15, -0.1) is 11.8 Å². The Hall–Kier alpha value is -1.24. The number of rotatable bonds is 2. The zero-order valence-corrected chi connectivity index (χ0v) is 8.41. The van der Waals surface area contributed by atoms with Crippen LogP contribution in [0.25, 0.3) is 0 Å². The molecule has 0 unspecified atom stereocenters.